The van der Waals surface area contributed by atoms with Crippen molar-refractivity contribution in [3.05, 3.63) is 29.3 Å². The molecular formula is C14H17F3N2OS. The van der Waals surface area contributed by atoms with Gasteiger partial charge >= 0.3 is 6.18 Å². The van der Waals surface area contributed by atoms with E-state index in [1.165, 1.54) is 6.07 Å². The van der Waals surface area contributed by atoms with Gasteiger partial charge < -0.3 is 15.7 Å². The largest absolute Gasteiger partial charge is 0.417 e. The first-order chi connectivity index (χ1) is 9.82. The molecule has 21 heavy (non-hydrogen) atoms. The molecule has 116 valence electrons. The van der Waals surface area contributed by atoms with Crippen LogP contribution in [0.25, 0.3) is 0 Å². The van der Waals surface area contributed by atoms with Crippen LogP contribution in [-0.4, -0.2) is 29.8 Å². The van der Waals surface area contributed by atoms with Gasteiger partial charge in [-0.25, -0.2) is 0 Å². The monoisotopic (exact) mass is 318 g/mol. The third kappa shape index (κ3) is 3.65. The molecule has 1 unspecified atom stereocenters. The molecule has 1 heterocycles. The molecule has 1 aromatic rings. The lowest BCUT2D eigenvalue weighted by atomic mass is 9.97. The number of aliphatic hydroxyl groups is 1. The molecule has 0 radical (unpaired) electrons. The van der Waals surface area contributed by atoms with E-state index in [0.717, 1.165) is 18.9 Å². The normalized spacial score (nSPS) is 19.6. The Kier molecular flexibility index (Phi) is 4.73. The fraction of sp³-hybridized carbons (Fsp3) is 0.500. The Hall–Kier alpha value is -1.34. The second kappa shape index (κ2) is 6.19. The average Bonchev–Trinajstić information content (AvgIpc) is 2.45. The third-order valence-electron chi connectivity index (χ3n) is 3.72. The number of nitrogens with two attached hydrogens (primary N) is 1. The number of halogens is 3. The number of nitrogens with zero attached hydrogens (tertiary/aromatic N) is 1. The summed E-state index contributed by atoms with van der Waals surface area (Å²) < 4.78 is 39.4. The quantitative estimate of drug-likeness (QED) is 0.841. The number of aliphatic hydroxyl groups excluding tert-OH is 1. The first kappa shape index (κ1) is 16.0. The smallest absolute Gasteiger partial charge is 0.396 e. The van der Waals surface area contributed by atoms with E-state index in [2.05, 4.69) is 12.2 Å². The number of hydrogen-bond donors (Lipinski definition) is 2. The molecule has 1 aliphatic rings. The van der Waals surface area contributed by atoms with Crippen molar-refractivity contribution in [2.75, 3.05) is 24.6 Å². The number of hydrogen-bond acceptors (Lipinski definition) is 3. The maximum atomic E-state index is 13.1. The van der Waals surface area contributed by atoms with Gasteiger partial charge in [-0.3, -0.25) is 0 Å². The molecule has 3 N–H and O–H groups in total. The van der Waals surface area contributed by atoms with Crippen molar-refractivity contribution in [2.45, 2.75) is 19.0 Å². The number of piperidine rings is 1. The van der Waals surface area contributed by atoms with Crippen molar-refractivity contribution in [1.29, 1.82) is 0 Å². The molecule has 0 amide bonds. The van der Waals surface area contributed by atoms with Crippen LogP contribution in [0.4, 0.5) is 18.9 Å². The molecule has 0 saturated carbocycles. The van der Waals surface area contributed by atoms with E-state index in [1.807, 2.05) is 4.90 Å². The van der Waals surface area contributed by atoms with Crippen molar-refractivity contribution < 1.29 is 18.3 Å². The summed E-state index contributed by atoms with van der Waals surface area (Å²) in [5, 5.41) is 9.22. The third-order valence-corrected chi connectivity index (χ3v) is 3.94. The van der Waals surface area contributed by atoms with Crippen LogP contribution in [0.2, 0.25) is 0 Å². The van der Waals surface area contributed by atoms with Gasteiger partial charge in [0, 0.05) is 30.9 Å². The molecule has 0 spiro atoms. The van der Waals surface area contributed by atoms with Gasteiger partial charge in [-0.15, -0.1) is 0 Å². The summed E-state index contributed by atoms with van der Waals surface area (Å²) in [4.78, 5) is 1.60. The molecule has 3 nitrogen and oxygen atoms in total. The van der Waals surface area contributed by atoms with Crippen LogP contribution in [-0.2, 0) is 6.18 Å². The molecule has 1 aliphatic heterocycles. The number of rotatable bonds is 3. The van der Waals surface area contributed by atoms with E-state index in [-0.39, 0.29) is 23.1 Å². The van der Waals surface area contributed by atoms with E-state index in [1.54, 1.807) is 6.07 Å². The van der Waals surface area contributed by atoms with Crippen molar-refractivity contribution in [2.24, 2.45) is 11.7 Å². The van der Waals surface area contributed by atoms with E-state index < -0.39 is 11.7 Å². The zero-order valence-electron chi connectivity index (χ0n) is 11.4. The van der Waals surface area contributed by atoms with Crippen LogP contribution in [0.15, 0.2) is 18.2 Å². The summed E-state index contributed by atoms with van der Waals surface area (Å²) in [5.74, 6) is 0.100. The van der Waals surface area contributed by atoms with E-state index >= 15 is 0 Å². The van der Waals surface area contributed by atoms with Gasteiger partial charge in [0.1, 0.15) is 4.99 Å². The molecular weight excluding hydrogens is 301 g/mol. The summed E-state index contributed by atoms with van der Waals surface area (Å²) in [7, 11) is 0. The van der Waals surface area contributed by atoms with Crippen molar-refractivity contribution in [1.82, 2.24) is 0 Å². The molecule has 0 aliphatic carbocycles. The minimum Gasteiger partial charge on any atom is -0.396 e. The summed E-state index contributed by atoms with van der Waals surface area (Å²) in [5.41, 5.74) is 4.89. The van der Waals surface area contributed by atoms with Gasteiger partial charge in [-0.1, -0.05) is 12.2 Å². The fourth-order valence-electron chi connectivity index (χ4n) is 2.63. The molecule has 7 heteroatoms. The topological polar surface area (TPSA) is 49.5 Å². The van der Waals surface area contributed by atoms with Gasteiger partial charge in [-0.05, 0) is 37.0 Å². The van der Waals surface area contributed by atoms with Gasteiger partial charge in [-0.2, -0.15) is 13.2 Å². The predicted octanol–water partition coefficient (Wildman–Crippen LogP) is 2.55. The number of thiocarbonyl (C=S) groups is 1. The highest BCUT2D eigenvalue weighted by Gasteiger charge is 2.35. The van der Waals surface area contributed by atoms with Crippen molar-refractivity contribution >= 4 is 22.9 Å². The summed E-state index contributed by atoms with van der Waals surface area (Å²) in [6, 6.07) is 4.01. The van der Waals surface area contributed by atoms with Crippen LogP contribution in [0.5, 0.6) is 0 Å². The standard InChI is InChI=1S/C14H17F3N2OS/c15-14(16,17)12-6-10(3-4-11(12)13(18)21)19-5-1-2-9(7-19)8-20/h3-4,6,9,20H,1-2,5,7-8H2,(H2,18,21). The van der Waals surface area contributed by atoms with Crippen LogP contribution in [0, 0.1) is 5.92 Å². The molecule has 1 aromatic carbocycles. The Bertz CT molecular complexity index is 533. The van der Waals surface area contributed by atoms with Crippen LogP contribution in [0.1, 0.15) is 24.0 Å². The zero-order chi connectivity index (χ0) is 15.6. The maximum Gasteiger partial charge on any atom is 0.417 e. The van der Waals surface area contributed by atoms with Gasteiger partial charge in [0.2, 0.25) is 0 Å². The second-order valence-electron chi connectivity index (χ2n) is 5.23. The summed E-state index contributed by atoms with van der Waals surface area (Å²) >= 11 is 4.69. The zero-order valence-corrected chi connectivity index (χ0v) is 12.2. The molecule has 1 fully saturated rings. The number of anilines is 1. The first-order valence-corrected chi connectivity index (χ1v) is 7.10. The second-order valence-corrected chi connectivity index (χ2v) is 5.67. The number of benzene rings is 1. The van der Waals surface area contributed by atoms with Crippen LogP contribution in [0.3, 0.4) is 0 Å². The Morgan fingerprint density at radius 1 is 1.43 bits per heavy atom. The summed E-state index contributed by atoms with van der Waals surface area (Å²) in [6.45, 7) is 1.29. The lowest BCUT2D eigenvalue weighted by Crippen LogP contribution is -2.37. The number of alkyl halides is 3. The average molecular weight is 318 g/mol. The highest BCUT2D eigenvalue weighted by molar-refractivity contribution is 7.80. The first-order valence-electron chi connectivity index (χ1n) is 6.69. The van der Waals surface area contributed by atoms with E-state index in [0.29, 0.717) is 18.8 Å². The predicted molar refractivity (Wildman–Crippen MR) is 79.4 cm³/mol. The van der Waals surface area contributed by atoms with Gasteiger partial charge in [0.15, 0.2) is 0 Å². The lowest BCUT2D eigenvalue weighted by Gasteiger charge is -2.34. The fourth-order valence-corrected chi connectivity index (χ4v) is 2.80. The minimum absolute atomic E-state index is 0.0492. The molecule has 1 saturated heterocycles. The Labute approximate surface area is 126 Å². The minimum atomic E-state index is -4.50. The molecule has 0 aromatic heterocycles. The maximum absolute atomic E-state index is 13.1. The molecule has 2 rings (SSSR count). The lowest BCUT2D eigenvalue weighted by molar-refractivity contribution is -0.137. The Morgan fingerprint density at radius 3 is 2.71 bits per heavy atom. The SMILES string of the molecule is NC(=S)c1ccc(N2CCCC(CO)C2)cc1C(F)(F)F. The highest BCUT2D eigenvalue weighted by atomic mass is 32.1. The van der Waals surface area contributed by atoms with Crippen LogP contribution >= 0.6 is 12.2 Å². The highest BCUT2D eigenvalue weighted by Crippen LogP contribution is 2.35. The van der Waals surface area contributed by atoms with Gasteiger partial charge in [0.25, 0.3) is 0 Å². The van der Waals surface area contributed by atoms with Crippen molar-refractivity contribution in [3.63, 3.8) is 0 Å². The Balaban J connectivity index is 2.35. The van der Waals surface area contributed by atoms with E-state index in [9.17, 15) is 18.3 Å². The van der Waals surface area contributed by atoms with Crippen molar-refractivity contribution in [3.8, 4) is 0 Å². The van der Waals surface area contributed by atoms with Crippen LogP contribution < -0.4 is 10.6 Å². The van der Waals surface area contributed by atoms with E-state index in [4.69, 9.17) is 5.73 Å². The Morgan fingerprint density at radius 2 is 2.14 bits per heavy atom. The molecule has 0 bridgehead atoms. The molecule has 1 atom stereocenters. The van der Waals surface area contributed by atoms with Gasteiger partial charge in [0.05, 0.1) is 5.56 Å². The summed E-state index contributed by atoms with van der Waals surface area (Å²) in [6.07, 6.45) is -2.76.